The maximum atomic E-state index is 12.5. The van der Waals surface area contributed by atoms with E-state index >= 15 is 0 Å². The van der Waals surface area contributed by atoms with Gasteiger partial charge in [-0.2, -0.15) is 13.2 Å². The van der Waals surface area contributed by atoms with Gasteiger partial charge in [0.1, 0.15) is 5.82 Å². The fraction of sp³-hybridized carbons (Fsp3) is 0.333. The molecular formula is C9H5BrF6. The summed E-state index contributed by atoms with van der Waals surface area (Å²) >= 11 is 2.01. The monoisotopic (exact) mass is 306 g/mol. The molecule has 0 aromatic heterocycles. The van der Waals surface area contributed by atoms with E-state index in [1.54, 1.807) is 0 Å². The maximum absolute atomic E-state index is 12.5. The van der Waals surface area contributed by atoms with Crippen LogP contribution in [0.15, 0.2) is 24.3 Å². The van der Waals surface area contributed by atoms with Gasteiger partial charge in [0.05, 0.1) is 0 Å². The molecule has 1 aromatic rings. The van der Waals surface area contributed by atoms with E-state index in [4.69, 9.17) is 0 Å². The number of hydrogen-bond acceptors (Lipinski definition) is 0. The lowest BCUT2D eigenvalue weighted by atomic mass is 9.99. The summed E-state index contributed by atoms with van der Waals surface area (Å²) in [5, 5.41) is 0. The standard InChI is InChI=1S/C9H5BrF6/c10-8(7(12)13,9(14,15)16)5-1-3-6(11)4-2-5/h1-4,7H. The minimum atomic E-state index is -5.18. The molecule has 0 nitrogen and oxygen atoms in total. The summed E-state index contributed by atoms with van der Waals surface area (Å²) in [6.45, 7) is 0. The molecule has 16 heavy (non-hydrogen) atoms. The van der Waals surface area contributed by atoms with Crippen LogP contribution in [0, 0.1) is 5.82 Å². The Labute approximate surface area is 95.4 Å². The van der Waals surface area contributed by atoms with E-state index in [9.17, 15) is 26.3 Å². The third kappa shape index (κ3) is 2.18. The molecule has 0 aliphatic rings. The van der Waals surface area contributed by atoms with Gasteiger partial charge in [-0.15, -0.1) is 0 Å². The van der Waals surface area contributed by atoms with Gasteiger partial charge in [-0.1, -0.05) is 28.1 Å². The highest BCUT2D eigenvalue weighted by molar-refractivity contribution is 9.09. The third-order valence-corrected chi connectivity index (χ3v) is 3.23. The molecule has 0 saturated carbocycles. The van der Waals surface area contributed by atoms with Gasteiger partial charge in [0, 0.05) is 0 Å². The van der Waals surface area contributed by atoms with Crippen LogP contribution in [-0.2, 0) is 4.32 Å². The fourth-order valence-electron chi connectivity index (χ4n) is 1.11. The molecule has 0 spiro atoms. The number of halogens is 7. The van der Waals surface area contributed by atoms with Gasteiger partial charge >= 0.3 is 6.18 Å². The average molecular weight is 307 g/mol. The predicted octanol–water partition coefficient (Wildman–Crippen LogP) is 4.24. The minimum absolute atomic E-state index is 0.670. The van der Waals surface area contributed by atoms with Gasteiger partial charge in [0.15, 0.2) is 0 Å². The molecule has 1 unspecified atom stereocenters. The largest absolute Gasteiger partial charge is 0.413 e. The van der Waals surface area contributed by atoms with Crippen molar-refractivity contribution in [3.8, 4) is 0 Å². The molecule has 0 N–H and O–H groups in total. The van der Waals surface area contributed by atoms with Gasteiger partial charge in [0.25, 0.3) is 6.43 Å². The lowest BCUT2D eigenvalue weighted by Crippen LogP contribution is -2.42. The van der Waals surface area contributed by atoms with E-state index in [2.05, 4.69) is 0 Å². The first kappa shape index (κ1) is 13.3. The molecule has 90 valence electrons. The van der Waals surface area contributed by atoms with E-state index < -0.39 is 28.3 Å². The van der Waals surface area contributed by atoms with Crippen LogP contribution < -0.4 is 0 Å². The Morgan fingerprint density at radius 2 is 1.44 bits per heavy atom. The highest BCUT2D eigenvalue weighted by atomic mass is 79.9. The summed E-state index contributed by atoms with van der Waals surface area (Å²) in [6.07, 6.45) is -8.88. The van der Waals surface area contributed by atoms with E-state index in [1.807, 2.05) is 15.9 Å². The molecule has 0 amide bonds. The smallest absolute Gasteiger partial charge is 0.208 e. The second-order valence-corrected chi connectivity index (χ2v) is 4.27. The minimum Gasteiger partial charge on any atom is -0.208 e. The van der Waals surface area contributed by atoms with Gasteiger partial charge in [-0.3, -0.25) is 0 Å². The molecule has 1 rings (SSSR count). The topological polar surface area (TPSA) is 0 Å². The van der Waals surface area contributed by atoms with E-state index in [0.717, 1.165) is 0 Å². The molecule has 0 aliphatic carbocycles. The molecule has 0 bridgehead atoms. The summed E-state index contributed by atoms with van der Waals surface area (Å²) < 4.78 is 71.6. The second-order valence-electron chi connectivity index (χ2n) is 3.02. The van der Waals surface area contributed by atoms with Crippen LogP contribution in [-0.4, -0.2) is 12.6 Å². The van der Waals surface area contributed by atoms with Gasteiger partial charge in [0.2, 0.25) is 4.32 Å². The Bertz CT molecular complexity index is 357. The molecule has 0 radical (unpaired) electrons. The molecule has 0 saturated heterocycles. The van der Waals surface area contributed by atoms with Crippen LogP contribution in [0.3, 0.4) is 0 Å². The Hall–Kier alpha value is -0.720. The van der Waals surface area contributed by atoms with Gasteiger partial charge in [-0.05, 0) is 17.7 Å². The van der Waals surface area contributed by atoms with Crippen LogP contribution in [0.5, 0.6) is 0 Å². The molecule has 0 heterocycles. The zero-order valence-corrected chi connectivity index (χ0v) is 9.12. The predicted molar refractivity (Wildman–Crippen MR) is 49.1 cm³/mol. The summed E-state index contributed by atoms with van der Waals surface area (Å²) in [6, 6.07) is 2.73. The summed E-state index contributed by atoms with van der Waals surface area (Å²) in [7, 11) is 0. The first-order valence-electron chi connectivity index (χ1n) is 3.99. The lowest BCUT2D eigenvalue weighted by molar-refractivity contribution is -0.189. The number of hydrogen-bond donors (Lipinski definition) is 0. The number of alkyl halides is 6. The number of benzene rings is 1. The Kier molecular flexibility index (Phi) is 3.56. The summed E-state index contributed by atoms with van der Waals surface area (Å²) in [5.41, 5.74) is -0.739. The SMILES string of the molecule is Fc1ccc(C(Br)(C(F)F)C(F)(F)F)cc1. The first-order valence-corrected chi connectivity index (χ1v) is 4.78. The Morgan fingerprint density at radius 3 is 1.75 bits per heavy atom. The highest BCUT2D eigenvalue weighted by Crippen LogP contribution is 2.50. The molecule has 0 fully saturated rings. The van der Waals surface area contributed by atoms with Crippen molar-refractivity contribution in [2.45, 2.75) is 16.9 Å². The first-order chi connectivity index (χ1) is 7.19. The summed E-state index contributed by atoms with van der Waals surface area (Å²) in [5.74, 6) is -0.796. The lowest BCUT2D eigenvalue weighted by Gasteiger charge is -2.29. The van der Waals surface area contributed by atoms with Gasteiger partial charge in [-0.25, -0.2) is 13.2 Å². The van der Waals surface area contributed by atoms with E-state index in [1.165, 1.54) is 0 Å². The zero-order valence-electron chi connectivity index (χ0n) is 7.53. The van der Waals surface area contributed by atoms with Crippen LogP contribution in [0.2, 0.25) is 0 Å². The van der Waals surface area contributed by atoms with Crippen molar-refractivity contribution in [3.63, 3.8) is 0 Å². The second kappa shape index (κ2) is 4.27. The molecular weight excluding hydrogens is 302 g/mol. The van der Waals surface area contributed by atoms with Crippen LogP contribution in [0.4, 0.5) is 26.3 Å². The number of rotatable bonds is 2. The quantitative estimate of drug-likeness (QED) is 0.566. The van der Waals surface area contributed by atoms with Crippen molar-refractivity contribution < 1.29 is 26.3 Å². The fourth-order valence-corrected chi connectivity index (χ4v) is 1.37. The Balaban J connectivity index is 3.28. The zero-order chi connectivity index (χ0) is 12.6. The van der Waals surface area contributed by atoms with E-state index in [0.29, 0.717) is 24.3 Å². The maximum Gasteiger partial charge on any atom is 0.413 e. The third-order valence-electron chi connectivity index (χ3n) is 1.98. The molecule has 7 heteroatoms. The van der Waals surface area contributed by atoms with Crippen molar-refractivity contribution in [1.82, 2.24) is 0 Å². The molecule has 1 aromatic carbocycles. The van der Waals surface area contributed by atoms with Crippen molar-refractivity contribution in [1.29, 1.82) is 0 Å². The van der Waals surface area contributed by atoms with E-state index in [-0.39, 0.29) is 0 Å². The van der Waals surface area contributed by atoms with Crippen molar-refractivity contribution in [3.05, 3.63) is 35.6 Å². The van der Waals surface area contributed by atoms with Crippen molar-refractivity contribution in [2.75, 3.05) is 0 Å². The molecule has 1 atom stereocenters. The Morgan fingerprint density at radius 1 is 1.00 bits per heavy atom. The van der Waals surface area contributed by atoms with Crippen LogP contribution in [0.1, 0.15) is 5.56 Å². The van der Waals surface area contributed by atoms with Crippen molar-refractivity contribution in [2.24, 2.45) is 0 Å². The van der Waals surface area contributed by atoms with Crippen LogP contribution >= 0.6 is 15.9 Å². The van der Waals surface area contributed by atoms with Gasteiger partial charge < -0.3 is 0 Å². The highest BCUT2D eigenvalue weighted by Gasteiger charge is 2.60. The average Bonchev–Trinajstić information content (AvgIpc) is 2.15. The summed E-state index contributed by atoms with van der Waals surface area (Å²) in [4.78, 5) is 0. The normalized spacial score (nSPS) is 16.2. The van der Waals surface area contributed by atoms with Crippen molar-refractivity contribution >= 4 is 15.9 Å². The van der Waals surface area contributed by atoms with Crippen LogP contribution in [0.25, 0.3) is 0 Å². The molecule has 0 aliphatic heterocycles.